The van der Waals surface area contributed by atoms with Crippen LogP contribution in [-0.2, 0) is 9.68 Å². The number of unbranched alkanes of at least 4 members (excludes halogenated alkanes) is 3. The number of hydrogen-bond acceptors (Lipinski definition) is 6. The van der Waals surface area contributed by atoms with Crippen LogP contribution in [0.2, 0.25) is 0 Å². The van der Waals surface area contributed by atoms with E-state index in [0.29, 0.717) is 0 Å². The van der Waals surface area contributed by atoms with Crippen LogP contribution in [0.5, 0.6) is 0 Å². The molecule has 0 aliphatic carbocycles. The summed E-state index contributed by atoms with van der Waals surface area (Å²) in [6, 6.07) is 0. The molecule has 0 aromatic heterocycles. The van der Waals surface area contributed by atoms with Gasteiger partial charge in [0, 0.05) is 22.2 Å². The lowest BCUT2D eigenvalue weighted by Gasteiger charge is -2.60. The van der Waals surface area contributed by atoms with Crippen molar-refractivity contribution in [1.82, 2.24) is 10.1 Å². The van der Waals surface area contributed by atoms with Gasteiger partial charge in [-0.15, -0.1) is 0 Å². The van der Waals surface area contributed by atoms with Crippen LogP contribution in [0.15, 0.2) is 0 Å². The minimum absolute atomic E-state index is 0.00702. The predicted octanol–water partition coefficient (Wildman–Crippen LogP) is 6.71. The average Bonchev–Trinajstić information content (AvgIpc) is 2.77. The summed E-state index contributed by atoms with van der Waals surface area (Å²) in [5.74, 6) is 0. The zero-order valence-corrected chi connectivity index (χ0v) is 25.8. The Labute approximate surface area is 224 Å². The fraction of sp³-hybridized carbons (Fsp3) is 1.00. The number of hydroxylamine groups is 4. The van der Waals surface area contributed by atoms with Gasteiger partial charge in [0.15, 0.2) is 0 Å². The summed E-state index contributed by atoms with van der Waals surface area (Å²) >= 11 is 0. The zero-order valence-electron chi connectivity index (χ0n) is 25.8. The Bertz CT molecular complexity index is 634. The third-order valence-electron chi connectivity index (χ3n) is 9.76. The summed E-state index contributed by atoms with van der Waals surface area (Å²) in [7, 11) is 0. The molecular weight excluding hydrogens is 448 g/mol. The Balaban J connectivity index is 1.90. The van der Waals surface area contributed by atoms with Crippen LogP contribution in [0, 0.1) is 0 Å². The molecule has 2 aliphatic heterocycles. The molecule has 0 bridgehead atoms. The van der Waals surface area contributed by atoms with Gasteiger partial charge in [-0.2, -0.15) is 10.1 Å². The Hall–Kier alpha value is -0.240. The SMILES string of the molecule is CCCON1C(C)(C)CCC(N)(CCCCCCC2(N)CCC(C)(C)N(OCCC)C2(C)C)C1(C)C. The molecule has 2 heterocycles. The van der Waals surface area contributed by atoms with E-state index in [9.17, 15) is 0 Å². The lowest BCUT2D eigenvalue weighted by molar-refractivity contribution is -0.298. The van der Waals surface area contributed by atoms with Gasteiger partial charge in [0.25, 0.3) is 0 Å². The van der Waals surface area contributed by atoms with E-state index in [1.807, 2.05) is 0 Å². The summed E-state index contributed by atoms with van der Waals surface area (Å²) in [5.41, 5.74) is 13.4. The first kappa shape index (κ1) is 32.0. The van der Waals surface area contributed by atoms with Crippen molar-refractivity contribution < 1.29 is 9.68 Å². The lowest BCUT2D eigenvalue weighted by Crippen LogP contribution is -2.73. The quantitative estimate of drug-likeness (QED) is 0.268. The van der Waals surface area contributed by atoms with Crippen LogP contribution in [0.4, 0.5) is 0 Å². The van der Waals surface area contributed by atoms with Crippen molar-refractivity contribution in [3.63, 3.8) is 0 Å². The van der Waals surface area contributed by atoms with Gasteiger partial charge in [0.2, 0.25) is 0 Å². The van der Waals surface area contributed by atoms with E-state index >= 15 is 0 Å². The normalized spacial score (nSPS) is 32.0. The molecule has 0 aromatic rings. The van der Waals surface area contributed by atoms with E-state index in [1.54, 1.807) is 0 Å². The Kier molecular flexibility index (Phi) is 10.5. The van der Waals surface area contributed by atoms with Gasteiger partial charge < -0.3 is 11.5 Å². The molecule has 0 amide bonds. The average molecular weight is 511 g/mol. The maximum Gasteiger partial charge on any atom is 0.0683 e. The van der Waals surface area contributed by atoms with Crippen molar-refractivity contribution in [2.45, 2.75) is 180 Å². The molecule has 2 rings (SSSR count). The Morgan fingerprint density at radius 1 is 0.556 bits per heavy atom. The number of piperidine rings is 2. The molecule has 0 aromatic carbocycles. The molecule has 4 N–H and O–H groups in total. The smallest absolute Gasteiger partial charge is 0.0683 e. The maximum absolute atomic E-state index is 7.13. The highest BCUT2D eigenvalue weighted by atomic mass is 16.7. The highest BCUT2D eigenvalue weighted by molar-refractivity contribution is 5.11. The van der Waals surface area contributed by atoms with Crippen LogP contribution < -0.4 is 11.5 Å². The van der Waals surface area contributed by atoms with Gasteiger partial charge in [0.05, 0.1) is 24.3 Å². The van der Waals surface area contributed by atoms with E-state index in [-0.39, 0.29) is 33.2 Å². The molecule has 2 unspecified atom stereocenters. The lowest BCUT2D eigenvalue weighted by atomic mass is 9.66. The van der Waals surface area contributed by atoms with Gasteiger partial charge in [-0.25, -0.2) is 0 Å². The van der Waals surface area contributed by atoms with E-state index in [2.05, 4.69) is 79.4 Å². The minimum Gasteiger partial charge on any atom is -0.323 e. The Morgan fingerprint density at radius 2 is 0.889 bits per heavy atom. The number of nitrogens with two attached hydrogens (primary N) is 2. The molecule has 0 spiro atoms. The summed E-state index contributed by atoms with van der Waals surface area (Å²) in [5, 5.41) is 4.45. The molecule has 0 radical (unpaired) electrons. The number of hydrogen-bond donors (Lipinski definition) is 2. The number of rotatable bonds is 13. The molecule has 0 saturated carbocycles. The molecule has 6 heteroatoms. The van der Waals surface area contributed by atoms with Gasteiger partial charge in [0.1, 0.15) is 0 Å². The van der Waals surface area contributed by atoms with E-state index < -0.39 is 0 Å². The second kappa shape index (κ2) is 11.9. The molecular formula is C30H62N4O2. The van der Waals surface area contributed by atoms with Crippen LogP contribution in [-0.4, -0.2) is 56.6 Å². The highest BCUT2D eigenvalue weighted by Crippen LogP contribution is 2.47. The molecule has 6 nitrogen and oxygen atoms in total. The van der Waals surface area contributed by atoms with Crippen LogP contribution in [0.25, 0.3) is 0 Å². The fourth-order valence-electron chi connectivity index (χ4n) is 6.92. The molecule has 214 valence electrons. The van der Waals surface area contributed by atoms with E-state index in [1.165, 1.54) is 12.8 Å². The van der Waals surface area contributed by atoms with E-state index in [4.69, 9.17) is 21.1 Å². The summed E-state index contributed by atoms with van der Waals surface area (Å²) in [4.78, 5) is 12.5. The minimum atomic E-state index is -0.237. The third kappa shape index (κ3) is 6.48. The molecule has 36 heavy (non-hydrogen) atoms. The van der Waals surface area contributed by atoms with Crippen molar-refractivity contribution in [3.05, 3.63) is 0 Å². The first-order chi connectivity index (χ1) is 16.5. The molecule has 2 aliphatic rings. The Morgan fingerprint density at radius 3 is 1.19 bits per heavy atom. The standard InChI is InChI=1S/C30H62N4O2/c1-11-23-35-33-25(3,4)19-21-29(31,27(33,7)8)17-15-13-14-16-18-30(32)22-20-26(5,6)34(28(30,9)10)36-24-12-2/h11-24,31-32H2,1-10H3. The fourth-order valence-corrected chi connectivity index (χ4v) is 6.92. The van der Waals surface area contributed by atoms with Gasteiger partial charge in [-0.1, -0.05) is 39.5 Å². The molecule has 2 atom stereocenters. The summed E-state index contributed by atoms with van der Waals surface area (Å²) in [6.07, 6.45) is 13.0. The van der Waals surface area contributed by atoms with Crippen molar-refractivity contribution in [2.75, 3.05) is 13.2 Å². The monoisotopic (exact) mass is 510 g/mol. The van der Waals surface area contributed by atoms with Crippen molar-refractivity contribution in [3.8, 4) is 0 Å². The zero-order chi connectivity index (χ0) is 27.5. The predicted molar refractivity (Wildman–Crippen MR) is 152 cm³/mol. The van der Waals surface area contributed by atoms with Crippen molar-refractivity contribution in [1.29, 1.82) is 0 Å². The summed E-state index contributed by atoms with van der Waals surface area (Å²) < 4.78 is 0. The molecule has 2 fully saturated rings. The van der Waals surface area contributed by atoms with E-state index in [0.717, 1.165) is 77.4 Å². The van der Waals surface area contributed by atoms with Gasteiger partial charge >= 0.3 is 0 Å². The summed E-state index contributed by atoms with van der Waals surface area (Å²) in [6.45, 7) is 24.1. The second-order valence-electron chi connectivity index (χ2n) is 14.2. The largest absolute Gasteiger partial charge is 0.323 e. The van der Waals surface area contributed by atoms with Crippen LogP contribution in [0.1, 0.15) is 146 Å². The molecule has 2 saturated heterocycles. The highest BCUT2D eigenvalue weighted by Gasteiger charge is 2.56. The first-order valence-electron chi connectivity index (χ1n) is 14.9. The number of nitrogens with zero attached hydrogens (tertiary/aromatic N) is 2. The van der Waals surface area contributed by atoms with Crippen molar-refractivity contribution >= 4 is 0 Å². The maximum atomic E-state index is 7.13. The van der Waals surface area contributed by atoms with Gasteiger partial charge in [-0.05, 0) is 107 Å². The first-order valence-corrected chi connectivity index (χ1v) is 14.9. The second-order valence-corrected chi connectivity index (χ2v) is 14.2. The van der Waals surface area contributed by atoms with Gasteiger partial charge in [-0.3, -0.25) is 9.68 Å². The van der Waals surface area contributed by atoms with Crippen molar-refractivity contribution in [2.24, 2.45) is 11.5 Å². The third-order valence-corrected chi connectivity index (χ3v) is 9.76. The van der Waals surface area contributed by atoms with Crippen LogP contribution >= 0.6 is 0 Å². The topological polar surface area (TPSA) is 77.0 Å². The van der Waals surface area contributed by atoms with Crippen LogP contribution in [0.3, 0.4) is 0 Å².